The third kappa shape index (κ3) is 3.36. The fraction of sp³-hybridized carbons (Fsp3) is 0.0909. The van der Waals surface area contributed by atoms with E-state index in [0.29, 0.717) is 11.2 Å². The molecule has 0 saturated carbocycles. The van der Waals surface area contributed by atoms with E-state index in [1.165, 1.54) is 4.57 Å². The molecule has 32 heavy (non-hydrogen) atoms. The number of thiophene rings is 1. The second-order valence-electron chi connectivity index (χ2n) is 7.25. The lowest BCUT2D eigenvalue weighted by atomic mass is 10.2. The molecular formula is C22H18N6O3S. The highest BCUT2D eigenvalue weighted by Crippen LogP contribution is 2.37. The Labute approximate surface area is 186 Å². The molecule has 4 aromatic heterocycles. The number of nitrogens with one attached hydrogen (secondary N) is 1. The number of ether oxygens (including phenoxy) is 1. The SMILES string of the molecule is Cc1cc2cc(Nc3ccnc4cc(-c5nccn5C)sc34)ccc2n1C(=O)OC(N)=O. The molecule has 1 aromatic carbocycles. The van der Waals surface area contributed by atoms with Crippen molar-refractivity contribution >= 4 is 56.0 Å². The van der Waals surface area contributed by atoms with Crippen molar-refractivity contribution in [3.63, 3.8) is 0 Å². The van der Waals surface area contributed by atoms with Gasteiger partial charge in [-0.15, -0.1) is 11.3 Å². The van der Waals surface area contributed by atoms with Crippen molar-refractivity contribution in [2.24, 2.45) is 12.8 Å². The van der Waals surface area contributed by atoms with Gasteiger partial charge in [-0.2, -0.15) is 0 Å². The Morgan fingerprint density at radius 2 is 1.97 bits per heavy atom. The summed E-state index contributed by atoms with van der Waals surface area (Å²) < 4.78 is 8.84. The summed E-state index contributed by atoms with van der Waals surface area (Å²) in [5.74, 6) is 0.889. The van der Waals surface area contributed by atoms with Gasteiger partial charge in [-0.25, -0.2) is 19.1 Å². The van der Waals surface area contributed by atoms with Crippen LogP contribution in [0.25, 0.3) is 31.8 Å². The first-order valence-corrected chi connectivity index (χ1v) is 10.5. The minimum atomic E-state index is -1.14. The minimum Gasteiger partial charge on any atom is -0.359 e. The maximum Gasteiger partial charge on any atom is 0.427 e. The van der Waals surface area contributed by atoms with Crippen LogP contribution in [0.3, 0.4) is 0 Å². The summed E-state index contributed by atoms with van der Waals surface area (Å²) in [6.45, 7) is 1.76. The first-order valence-electron chi connectivity index (χ1n) is 9.67. The molecule has 3 N–H and O–H groups in total. The molecule has 0 bridgehead atoms. The number of imidazole rings is 1. The van der Waals surface area contributed by atoms with E-state index in [1.807, 2.05) is 48.1 Å². The van der Waals surface area contributed by atoms with Crippen molar-refractivity contribution in [2.75, 3.05) is 5.32 Å². The summed E-state index contributed by atoms with van der Waals surface area (Å²) in [4.78, 5) is 33.1. The van der Waals surface area contributed by atoms with E-state index in [2.05, 4.69) is 20.0 Å². The average Bonchev–Trinajstić information content (AvgIpc) is 3.43. The van der Waals surface area contributed by atoms with Crippen LogP contribution in [0, 0.1) is 6.92 Å². The van der Waals surface area contributed by atoms with Crippen LogP contribution in [-0.4, -0.2) is 31.3 Å². The standard InChI is InChI=1S/C22H18N6O3S/c1-12-9-13-10-14(3-4-17(13)28(12)22(30)31-21(23)29)26-15-5-6-24-16-11-18(32-19(15)16)20-25-7-8-27(20)2/h3-11H,1-2H3,(H2,23,29)(H,24,26). The van der Waals surface area contributed by atoms with Gasteiger partial charge in [-0.3, -0.25) is 4.98 Å². The van der Waals surface area contributed by atoms with Crippen molar-refractivity contribution < 1.29 is 14.3 Å². The van der Waals surface area contributed by atoms with Crippen molar-refractivity contribution in [1.82, 2.24) is 19.1 Å². The fourth-order valence-electron chi connectivity index (χ4n) is 3.71. The normalized spacial score (nSPS) is 11.2. The molecule has 0 radical (unpaired) electrons. The number of carbonyl (C=O) groups excluding carboxylic acids is 2. The Bertz CT molecular complexity index is 1510. The number of nitrogens with two attached hydrogens (primary N) is 1. The number of hydrogen-bond donors (Lipinski definition) is 2. The number of carbonyl (C=O) groups is 2. The van der Waals surface area contributed by atoms with Gasteiger partial charge in [-0.1, -0.05) is 0 Å². The summed E-state index contributed by atoms with van der Waals surface area (Å²) >= 11 is 1.62. The minimum absolute atomic E-state index is 0.618. The molecule has 0 atom stereocenters. The number of anilines is 2. The summed E-state index contributed by atoms with van der Waals surface area (Å²) in [5.41, 5.74) is 8.88. The molecule has 0 aliphatic rings. The number of rotatable bonds is 3. The molecule has 0 spiro atoms. The van der Waals surface area contributed by atoms with E-state index < -0.39 is 12.2 Å². The number of hydrogen-bond acceptors (Lipinski definition) is 7. The monoisotopic (exact) mass is 446 g/mol. The number of amides is 1. The predicted molar refractivity (Wildman–Crippen MR) is 123 cm³/mol. The van der Waals surface area contributed by atoms with Gasteiger partial charge in [0.1, 0.15) is 5.82 Å². The van der Waals surface area contributed by atoms with Gasteiger partial charge >= 0.3 is 12.2 Å². The number of benzene rings is 1. The van der Waals surface area contributed by atoms with Gasteiger partial charge in [0.2, 0.25) is 0 Å². The van der Waals surface area contributed by atoms with Crippen molar-refractivity contribution in [1.29, 1.82) is 0 Å². The van der Waals surface area contributed by atoms with Gasteiger partial charge in [-0.05, 0) is 43.3 Å². The smallest absolute Gasteiger partial charge is 0.359 e. The van der Waals surface area contributed by atoms with Crippen LogP contribution in [0.2, 0.25) is 0 Å². The zero-order valence-electron chi connectivity index (χ0n) is 17.2. The summed E-state index contributed by atoms with van der Waals surface area (Å²) in [6.07, 6.45) is 3.47. The number of aryl methyl sites for hydroxylation is 2. The zero-order valence-corrected chi connectivity index (χ0v) is 18.0. The van der Waals surface area contributed by atoms with Crippen molar-refractivity contribution in [3.05, 3.63) is 60.7 Å². The second kappa shape index (κ2) is 7.50. The highest BCUT2D eigenvalue weighted by Gasteiger charge is 2.17. The lowest BCUT2D eigenvalue weighted by Crippen LogP contribution is -2.23. The maximum atomic E-state index is 12.2. The van der Waals surface area contributed by atoms with E-state index in [1.54, 1.807) is 36.7 Å². The van der Waals surface area contributed by atoms with E-state index >= 15 is 0 Å². The Morgan fingerprint density at radius 3 is 2.72 bits per heavy atom. The predicted octanol–water partition coefficient (Wildman–Crippen LogP) is 4.77. The van der Waals surface area contributed by atoms with Gasteiger partial charge in [0.05, 0.1) is 26.3 Å². The molecule has 5 aromatic rings. The quantitative estimate of drug-likeness (QED) is 0.386. The summed E-state index contributed by atoms with van der Waals surface area (Å²) in [7, 11) is 1.96. The third-order valence-electron chi connectivity index (χ3n) is 5.09. The first-order chi connectivity index (χ1) is 15.4. The van der Waals surface area contributed by atoms with Crippen LogP contribution in [0.1, 0.15) is 5.69 Å². The molecule has 4 heterocycles. The maximum absolute atomic E-state index is 12.2. The molecule has 9 nitrogen and oxygen atoms in total. The fourth-order valence-corrected chi connectivity index (χ4v) is 4.83. The van der Waals surface area contributed by atoms with E-state index in [-0.39, 0.29) is 0 Å². The number of fused-ring (bicyclic) bond motifs is 2. The molecule has 0 aliphatic heterocycles. The Hall–Kier alpha value is -4.18. The number of aromatic nitrogens is 4. The molecule has 0 saturated heterocycles. The Morgan fingerprint density at radius 1 is 1.12 bits per heavy atom. The molecule has 0 aliphatic carbocycles. The van der Waals surface area contributed by atoms with Crippen LogP contribution in [0.15, 0.2) is 55.0 Å². The van der Waals surface area contributed by atoms with E-state index in [4.69, 9.17) is 5.73 Å². The molecule has 0 unspecified atom stereocenters. The molecule has 10 heteroatoms. The third-order valence-corrected chi connectivity index (χ3v) is 6.24. The van der Waals surface area contributed by atoms with Crippen molar-refractivity contribution in [2.45, 2.75) is 6.92 Å². The van der Waals surface area contributed by atoms with Crippen molar-refractivity contribution in [3.8, 4) is 10.7 Å². The molecule has 1 amide bonds. The number of pyridine rings is 1. The lowest BCUT2D eigenvalue weighted by Gasteiger charge is -2.09. The van der Waals surface area contributed by atoms with Crippen LogP contribution in [-0.2, 0) is 11.8 Å². The number of nitrogens with zero attached hydrogens (tertiary/aromatic N) is 4. The highest BCUT2D eigenvalue weighted by atomic mass is 32.1. The second-order valence-corrected chi connectivity index (χ2v) is 8.30. The van der Waals surface area contributed by atoms with E-state index in [9.17, 15) is 9.59 Å². The Kier molecular flexibility index (Phi) is 4.63. The zero-order chi connectivity index (χ0) is 22.4. The summed E-state index contributed by atoms with van der Waals surface area (Å²) in [6, 6.07) is 11.4. The van der Waals surface area contributed by atoms with Crippen LogP contribution in [0.4, 0.5) is 21.0 Å². The summed E-state index contributed by atoms with van der Waals surface area (Å²) in [5, 5.41) is 4.26. The van der Waals surface area contributed by atoms with Gasteiger partial charge in [0, 0.05) is 42.4 Å². The van der Waals surface area contributed by atoms with Crippen LogP contribution in [0.5, 0.6) is 0 Å². The Balaban J connectivity index is 1.51. The van der Waals surface area contributed by atoms with Gasteiger partial charge in [0.15, 0.2) is 0 Å². The van der Waals surface area contributed by atoms with Gasteiger partial charge in [0.25, 0.3) is 0 Å². The molecule has 160 valence electrons. The number of primary amides is 1. The van der Waals surface area contributed by atoms with Gasteiger partial charge < -0.3 is 20.4 Å². The van der Waals surface area contributed by atoms with Crippen LogP contribution < -0.4 is 11.1 Å². The first kappa shape index (κ1) is 19.8. The van der Waals surface area contributed by atoms with E-state index in [0.717, 1.165) is 37.7 Å². The molecular weight excluding hydrogens is 428 g/mol. The average molecular weight is 446 g/mol. The molecule has 5 rings (SSSR count). The lowest BCUT2D eigenvalue weighted by molar-refractivity contribution is 0.158. The van der Waals surface area contributed by atoms with Crippen LogP contribution >= 0.6 is 11.3 Å². The molecule has 0 fully saturated rings. The largest absolute Gasteiger partial charge is 0.427 e. The highest BCUT2D eigenvalue weighted by molar-refractivity contribution is 7.22. The topological polar surface area (TPSA) is 117 Å².